The molecule has 1 saturated heterocycles. The van der Waals surface area contributed by atoms with Crippen molar-refractivity contribution < 1.29 is 120 Å². The lowest BCUT2D eigenvalue weighted by atomic mass is 9.91. The van der Waals surface area contributed by atoms with Gasteiger partial charge < -0.3 is 103 Å². The molecule has 8 atom stereocenters. The Labute approximate surface area is 548 Å². The van der Waals surface area contributed by atoms with Crippen LogP contribution < -0.4 is 16.0 Å². The van der Waals surface area contributed by atoms with E-state index >= 15 is 0 Å². The first-order chi connectivity index (χ1) is 45.1. The number of aliphatic hydroxyl groups excluding tert-OH is 3. The standard InChI is InChI=1S/C62H99N7O25/c1-42(2)53(59(77)63-43(3)58(76)64-46-10-8-45(41-93-61(80)62(4,5)6)44(38-46)9-11-49-54(73)55(74)56(75)57(94-49)60(78)79)65-50(70)39-48(69-51(71)12-13-52(69)72)47-40-68(67-66-47)14-15-82-18-19-84-22-23-86-26-27-88-30-31-90-34-35-92-37-36-91-33-32-89-29-28-87-25-24-85-21-20-83-17-16-81-7/h8,10,12-13,38,40,42-43,48-49,53-57,73-75H,9,11,14-37,39,41H2,1-7H3,(H,63,77)(H,64,76)(H,65,70)(H,78,79)/t43-,48-,49-,53?,54-,55+,56-,57-/m0/s1. The van der Waals surface area contributed by atoms with E-state index in [0.717, 1.165) is 17.1 Å². The number of esters is 1. The number of nitrogens with zero attached hydrogens (tertiary/aromatic N) is 4. The third-order valence-corrected chi connectivity index (χ3v) is 14.2. The van der Waals surface area contributed by atoms with Crippen LogP contribution in [0.25, 0.3) is 0 Å². The maximum atomic E-state index is 13.8. The normalized spacial score (nSPS) is 18.4. The summed E-state index contributed by atoms with van der Waals surface area (Å²) in [7, 11) is 1.63. The molecule has 1 unspecified atom stereocenters. The number of anilines is 1. The molecule has 2 aromatic rings. The minimum atomic E-state index is -1.88. The number of aryl methyl sites for hydroxylation is 1. The minimum absolute atomic E-state index is 0.0603. The number of ether oxygens (including phenoxy) is 14. The van der Waals surface area contributed by atoms with E-state index in [1.54, 1.807) is 53.9 Å². The number of aliphatic carboxylic acids is 1. The maximum absolute atomic E-state index is 13.8. The molecular formula is C62H99N7O25. The summed E-state index contributed by atoms with van der Waals surface area (Å²) in [5.41, 5.74) is 0.531. The van der Waals surface area contributed by atoms with Gasteiger partial charge in [-0.3, -0.25) is 33.7 Å². The number of rotatable bonds is 52. The van der Waals surface area contributed by atoms with Crippen LogP contribution in [0.1, 0.15) is 77.2 Å². The van der Waals surface area contributed by atoms with Gasteiger partial charge in [-0.1, -0.05) is 25.1 Å². The average Bonchev–Trinajstić information content (AvgIpc) is 1.43. The zero-order valence-corrected chi connectivity index (χ0v) is 55.1. The highest BCUT2D eigenvalue weighted by Gasteiger charge is 2.46. The van der Waals surface area contributed by atoms with Gasteiger partial charge in [-0.15, -0.1) is 5.10 Å². The van der Waals surface area contributed by atoms with Gasteiger partial charge in [0.1, 0.15) is 42.7 Å². The number of imide groups is 1. The summed E-state index contributed by atoms with van der Waals surface area (Å²) >= 11 is 0. The van der Waals surface area contributed by atoms with Crippen LogP contribution in [0.3, 0.4) is 0 Å². The van der Waals surface area contributed by atoms with Crippen molar-refractivity contribution in [2.45, 2.75) is 123 Å². The van der Waals surface area contributed by atoms with E-state index in [2.05, 4.69) is 26.3 Å². The number of aliphatic hydroxyl groups is 3. The SMILES string of the molecule is COCCOCCOCCOCCOCCOCCOCCOCCOCCOCCOCCOCCn1cc([C@H](CC(=O)NC(C(=O)N[C@@H](C)C(=O)Nc2ccc(COC(=O)C(C)(C)C)c(CC[C@@H]3O[C@H](C(=O)O)[C@@H](O)[C@H](O)[C@H]3O)c2)C(C)C)N2C(=O)C=CC2=O)nn1. The van der Waals surface area contributed by atoms with Crippen LogP contribution in [0.2, 0.25) is 0 Å². The van der Waals surface area contributed by atoms with E-state index in [-0.39, 0.29) is 50.6 Å². The number of amides is 5. The second-order valence-electron chi connectivity index (χ2n) is 23.0. The molecular weight excluding hydrogens is 1240 g/mol. The summed E-state index contributed by atoms with van der Waals surface area (Å²) < 4.78 is 77.9. The Morgan fingerprint density at radius 2 is 1.09 bits per heavy atom. The van der Waals surface area contributed by atoms with Crippen LogP contribution in [0.4, 0.5) is 5.69 Å². The molecule has 32 nitrogen and oxygen atoms in total. The molecule has 5 amide bonds. The predicted molar refractivity (Wildman–Crippen MR) is 331 cm³/mol. The zero-order chi connectivity index (χ0) is 68.7. The fourth-order valence-electron chi connectivity index (χ4n) is 8.91. The number of carbonyl (C=O) groups excluding carboxylic acids is 6. The smallest absolute Gasteiger partial charge is 0.335 e. The largest absolute Gasteiger partial charge is 0.479 e. The Hall–Kier alpha value is -6.05. The fourth-order valence-corrected chi connectivity index (χ4v) is 8.91. The number of carboxylic acid groups (broad SMARTS) is 1. The topological polar surface area (TPSA) is 400 Å². The third kappa shape index (κ3) is 30.8. The summed E-state index contributed by atoms with van der Waals surface area (Å²) in [5, 5.41) is 57.1. The van der Waals surface area contributed by atoms with Gasteiger partial charge in [-0.2, -0.15) is 0 Å². The van der Waals surface area contributed by atoms with Gasteiger partial charge in [0.25, 0.3) is 11.8 Å². The number of nitrogens with one attached hydrogen (secondary N) is 3. The summed E-state index contributed by atoms with van der Waals surface area (Å²) in [6, 6.07) is 1.10. The van der Waals surface area contributed by atoms with Crippen molar-refractivity contribution >= 4 is 47.2 Å². The van der Waals surface area contributed by atoms with Gasteiger partial charge in [-0.25, -0.2) is 9.48 Å². The van der Waals surface area contributed by atoms with Crippen molar-refractivity contribution in [3.05, 3.63) is 53.4 Å². The van der Waals surface area contributed by atoms with Gasteiger partial charge in [0.05, 0.1) is 189 Å². The molecule has 0 spiro atoms. The van der Waals surface area contributed by atoms with Crippen LogP contribution >= 0.6 is 0 Å². The first-order valence-electron chi connectivity index (χ1n) is 31.5. The molecule has 2 aliphatic heterocycles. The number of aromatic nitrogens is 3. The number of benzene rings is 1. The number of hydrogen-bond acceptors (Lipinski definition) is 26. The molecule has 0 radical (unpaired) electrons. The minimum Gasteiger partial charge on any atom is -0.479 e. The average molecular weight is 1340 g/mol. The van der Waals surface area contributed by atoms with Crippen LogP contribution in [-0.4, -0.2) is 283 Å². The highest BCUT2D eigenvalue weighted by Crippen LogP contribution is 2.29. The van der Waals surface area contributed by atoms with Crippen molar-refractivity contribution in [3.8, 4) is 0 Å². The summed E-state index contributed by atoms with van der Waals surface area (Å²) in [5.74, 6) is -6.02. The van der Waals surface area contributed by atoms with Crippen molar-refractivity contribution in [1.29, 1.82) is 0 Å². The fraction of sp³-hybridized carbons (Fsp3) is 0.726. The Kier molecular flexibility index (Phi) is 38.8. The van der Waals surface area contributed by atoms with Crippen LogP contribution in [0.15, 0.2) is 36.5 Å². The summed E-state index contributed by atoms with van der Waals surface area (Å²) in [4.78, 5) is 92.4. The number of hydrogen-bond donors (Lipinski definition) is 7. The summed E-state index contributed by atoms with van der Waals surface area (Å²) in [6.45, 7) is 19.7. The number of carbonyl (C=O) groups is 7. The van der Waals surface area contributed by atoms with E-state index in [4.69, 9.17) is 66.3 Å². The molecule has 2 aliphatic rings. The maximum Gasteiger partial charge on any atom is 0.335 e. The second kappa shape index (κ2) is 45.4. The first-order valence-corrected chi connectivity index (χ1v) is 31.5. The van der Waals surface area contributed by atoms with Crippen molar-refractivity contribution in [2.75, 3.05) is 164 Å². The van der Waals surface area contributed by atoms with Crippen molar-refractivity contribution in [1.82, 2.24) is 30.5 Å². The predicted octanol–water partition coefficient (Wildman–Crippen LogP) is -0.296. The van der Waals surface area contributed by atoms with Gasteiger partial charge in [0.15, 0.2) is 6.10 Å². The molecule has 0 bridgehead atoms. The lowest BCUT2D eigenvalue weighted by Crippen LogP contribution is -2.59. The van der Waals surface area contributed by atoms with E-state index < -0.39 is 108 Å². The molecule has 532 valence electrons. The quantitative estimate of drug-likeness (QED) is 0.0254. The molecule has 1 aromatic heterocycles. The highest BCUT2D eigenvalue weighted by atomic mass is 16.6. The molecule has 32 heteroatoms. The van der Waals surface area contributed by atoms with Gasteiger partial charge >= 0.3 is 11.9 Å². The molecule has 4 rings (SSSR count). The summed E-state index contributed by atoms with van der Waals surface area (Å²) in [6.07, 6.45) is -5.23. The lowest BCUT2D eigenvalue weighted by molar-refractivity contribution is -0.228. The Morgan fingerprint density at radius 1 is 0.617 bits per heavy atom. The molecule has 94 heavy (non-hydrogen) atoms. The van der Waals surface area contributed by atoms with E-state index in [1.807, 2.05) is 0 Å². The Balaban J connectivity index is 1.09. The van der Waals surface area contributed by atoms with Crippen molar-refractivity contribution in [3.63, 3.8) is 0 Å². The van der Waals surface area contributed by atoms with E-state index in [1.165, 1.54) is 23.9 Å². The van der Waals surface area contributed by atoms with Gasteiger partial charge in [0, 0.05) is 24.9 Å². The third-order valence-electron chi connectivity index (χ3n) is 14.2. The molecule has 1 fully saturated rings. The monoisotopic (exact) mass is 1340 g/mol. The van der Waals surface area contributed by atoms with Crippen LogP contribution in [0.5, 0.6) is 0 Å². The molecule has 0 aliphatic carbocycles. The molecule has 1 aromatic carbocycles. The van der Waals surface area contributed by atoms with E-state index in [0.29, 0.717) is 150 Å². The first kappa shape index (κ1) is 80.4. The zero-order valence-electron chi connectivity index (χ0n) is 55.1. The lowest BCUT2D eigenvalue weighted by Gasteiger charge is -2.39. The Bertz CT molecular complexity index is 2570. The second-order valence-corrected chi connectivity index (χ2v) is 23.0. The molecule has 0 saturated carbocycles. The molecule has 7 N–H and O–H groups in total. The number of methoxy groups -OCH3 is 1. The van der Waals surface area contributed by atoms with Gasteiger partial charge in [-0.05, 0) is 69.7 Å². The number of carboxylic acids is 1. The Morgan fingerprint density at radius 3 is 1.53 bits per heavy atom. The highest BCUT2D eigenvalue weighted by molar-refractivity contribution is 6.13. The van der Waals surface area contributed by atoms with Gasteiger partial charge in [0.2, 0.25) is 17.7 Å². The van der Waals surface area contributed by atoms with Crippen molar-refractivity contribution in [2.24, 2.45) is 11.3 Å². The van der Waals surface area contributed by atoms with Crippen LogP contribution in [-0.2, 0) is 119 Å². The van der Waals surface area contributed by atoms with Crippen LogP contribution in [0, 0.1) is 11.3 Å². The molecule has 3 heterocycles. The van der Waals surface area contributed by atoms with E-state index in [9.17, 15) is 54.0 Å².